The number of imide groups is 2. The zero-order chi connectivity index (χ0) is 14.9. The third-order valence-corrected chi connectivity index (χ3v) is 4.30. The van der Waals surface area contributed by atoms with Crippen molar-refractivity contribution < 1.29 is 19.1 Å². The average Bonchev–Trinajstić information content (AvgIpc) is 2.30. The summed E-state index contributed by atoms with van der Waals surface area (Å²) in [6, 6.07) is -0.955. The maximum absolute atomic E-state index is 12.6. The van der Waals surface area contributed by atoms with Crippen LogP contribution in [0.4, 0.5) is 4.79 Å². The summed E-state index contributed by atoms with van der Waals surface area (Å²) in [5, 5.41) is 2.34. The number of carbonyl (C=O) groups is 3. The number of amides is 4. The Morgan fingerprint density at radius 3 is 2.40 bits per heavy atom. The topological polar surface area (TPSA) is 75.7 Å². The van der Waals surface area contributed by atoms with Crippen molar-refractivity contribution in [1.82, 2.24) is 10.2 Å². The number of urea groups is 1. The van der Waals surface area contributed by atoms with E-state index in [0.29, 0.717) is 26.1 Å². The van der Waals surface area contributed by atoms with Crippen LogP contribution in [0.3, 0.4) is 0 Å². The molecule has 0 aromatic rings. The first-order chi connectivity index (χ1) is 9.44. The largest absolute Gasteiger partial charge is 0.380 e. The van der Waals surface area contributed by atoms with Crippen LogP contribution < -0.4 is 5.32 Å². The van der Waals surface area contributed by atoms with Crippen molar-refractivity contribution >= 4 is 17.8 Å². The predicted octanol–water partition coefficient (Wildman–Crippen LogP) is 1.30. The second-order valence-electron chi connectivity index (χ2n) is 5.84. The molecular formula is C14H22N2O4. The number of hydrogen-bond acceptors (Lipinski definition) is 4. The van der Waals surface area contributed by atoms with Gasteiger partial charge in [-0.2, -0.15) is 0 Å². The molecule has 0 aromatic carbocycles. The molecule has 0 aromatic heterocycles. The van der Waals surface area contributed by atoms with Crippen molar-refractivity contribution in [2.75, 3.05) is 13.2 Å². The van der Waals surface area contributed by atoms with Crippen LogP contribution in [-0.2, 0) is 14.3 Å². The Bertz CT molecular complexity index is 429. The van der Waals surface area contributed by atoms with Gasteiger partial charge in [0.2, 0.25) is 11.8 Å². The van der Waals surface area contributed by atoms with Gasteiger partial charge in [0.1, 0.15) is 5.41 Å². The quantitative estimate of drug-likeness (QED) is 0.771. The minimum atomic E-state index is -1.01. The van der Waals surface area contributed by atoms with Gasteiger partial charge in [0.25, 0.3) is 0 Å². The van der Waals surface area contributed by atoms with Gasteiger partial charge in [-0.05, 0) is 25.7 Å². The Morgan fingerprint density at radius 1 is 1.30 bits per heavy atom. The van der Waals surface area contributed by atoms with E-state index in [2.05, 4.69) is 5.32 Å². The van der Waals surface area contributed by atoms with Crippen LogP contribution in [0.25, 0.3) is 0 Å². The zero-order valence-corrected chi connectivity index (χ0v) is 12.3. The molecule has 2 fully saturated rings. The molecule has 6 nitrogen and oxygen atoms in total. The summed E-state index contributed by atoms with van der Waals surface area (Å²) in [4.78, 5) is 37.9. The summed E-state index contributed by atoms with van der Waals surface area (Å²) in [5.74, 6) is -0.716. The highest BCUT2D eigenvalue weighted by Crippen LogP contribution is 2.45. The van der Waals surface area contributed by atoms with Crippen LogP contribution in [0, 0.1) is 11.3 Å². The first-order valence-corrected chi connectivity index (χ1v) is 7.21. The molecule has 1 saturated carbocycles. The number of nitrogens with one attached hydrogen (secondary N) is 1. The molecule has 1 aliphatic heterocycles. The molecule has 1 heterocycles. The molecule has 4 amide bonds. The summed E-state index contributed by atoms with van der Waals surface area (Å²) in [5.41, 5.74) is -1.01. The van der Waals surface area contributed by atoms with Crippen molar-refractivity contribution in [3.8, 4) is 0 Å². The number of hydrogen-bond donors (Lipinski definition) is 1. The fraction of sp³-hybridized carbons (Fsp3) is 0.786. The molecule has 1 aliphatic carbocycles. The maximum atomic E-state index is 12.6. The van der Waals surface area contributed by atoms with E-state index in [1.165, 1.54) is 4.90 Å². The van der Waals surface area contributed by atoms with E-state index in [1.807, 2.05) is 20.8 Å². The molecule has 20 heavy (non-hydrogen) atoms. The van der Waals surface area contributed by atoms with Crippen LogP contribution in [-0.4, -0.2) is 42.0 Å². The Morgan fingerprint density at radius 2 is 1.95 bits per heavy atom. The molecule has 2 aliphatic rings. The second-order valence-corrected chi connectivity index (χ2v) is 5.84. The number of nitrogens with zero attached hydrogens (tertiary/aromatic N) is 1. The van der Waals surface area contributed by atoms with Crippen molar-refractivity contribution in [3.05, 3.63) is 0 Å². The van der Waals surface area contributed by atoms with Gasteiger partial charge in [-0.25, -0.2) is 4.79 Å². The van der Waals surface area contributed by atoms with Gasteiger partial charge in [-0.15, -0.1) is 0 Å². The van der Waals surface area contributed by atoms with Crippen molar-refractivity contribution in [2.45, 2.75) is 46.1 Å². The molecule has 1 atom stereocenters. The van der Waals surface area contributed by atoms with E-state index in [4.69, 9.17) is 4.74 Å². The molecule has 1 saturated heterocycles. The second kappa shape index (κ2) is 5.52. The number of carbonyl (C=O) groups excluding carboxylic acids is 3. The van der Waals surface area contributed by atoms with Gasteiger partial charge >= 0.3 is 6.03 Å². The van der Waals surface area contributed by atoms with Gasteiger partial charge in [0.15, 0.2) is 0 Å². The molecule has 1 spiro atoms. The van der Waals surface area contributed by atoms with Gasteiger partial charge in [-0.3, -0.25) is 19.8 Å². The van der Waals surface area contributed by atoms with Crippen molar-refractivity contribution in [2.24, 2.45) is 11.3 Å². The molecule has 2 rings (SSSR count). The molecule has 6 heteroatoms. The molecule has 1 N–H and O–H groups in total. The summed E-state index contributed by atoms with van der Waals surface area (Å²) >= 11 is 0. The standard InChI is InChI=1S/C14H22N2O4/c1-4-20-8-10(9(2)3)16-12(18)14(6-5-7-14)11(17)15-13(16)19/h9-10H,4-8H2,1-3H3,(H,15,17,19). The maximum Gasteiger partial charge on any atom is 0.331 e. The summed E-state index contributed by atoms with van der Waals surface area (Å²) < 4.78 is 5.39. The monoisotopic (exact) mass is 282 g/mol. The van der Waals surface area contributed by atoms with Crippen molar-refractivity contribution in [3.63, 3.8) is 0 Å². The fourth-order valence-corrected chi connectivity index (χ4v) is 2.77. The van der Waals surface area contributed by atoms with Gasteiger partial charge in [-0.1, -0.05) is 20.3 Å². The van der Waals surface area contributed by atoms with Gasteiger partial charge in [0.05, 0.1) is 12.6 Å². The lowest BCUT2D eigenvalue weighted by Gasteiger charge is -2.47. The van der Waals surface area contributed by atoms with Gasteiger partial charge in [0, 0.05) is 6.61 Å². The van der Waals surface area contributed by atoms with E-state index in [1.54, 1.807) is 0 Å². The Labute approximate surface area is 118 Å². The highest BCUT2D eigenvalue weighted by Gasteiger charge is 2.58. The Kier molecular flexibility index (Phi) is 4.13. The van der Waals surface area contributed by atoms with Crippen LogP contribution >= 0.6 is 0 Å². The number of rotatable bonds is 5. The lowest BCUT2D eigenvalue weighted by atomic mass is 9.66. The number of ether oxygens (including phenoxy) is 1. The molecule has 0 bridgehead atoms. The summed E-state index contributed by atoms with van der Waals surface area (Å²) in [6.07, 6.45) is 1.90. The lowest BCUT2D eigenvalue weighted by molar-refractivity contribution is -0.160. The van der Waals surface area contributed by atoms with E-state index >= 15 is 0 Å². The van der Waals surface area contributed by atoms with Gasteiger partial charge < -0.3 is 4.74 Å². The smallest absolute Gasteiger partial charge is 0.331 e. The first-order valence-electron chi connectivity index (χ1n) is 7.21. The predicted molar refractivity (Wildman–Crippen MR) is 71.8 cm³/mol. The minimum absolute atomic E-state index is 0.0709. The van der Waals surface area contributed by atoms with Crippen LogP contribution in [0.15, 0.2) is 0 Å². The highest BCUT2D eigenvalue weighted by molar-refractivity contribution is 6.19. The number of barbiturate groups is 1. The zero-order valence-electron chi connectivity index (χ0n) is 12.3. The van der Waals surface area contributed by atoms with Crippen LogP contribution in [0.5, 0.6) is 0 Å². The molecule has 112 valence electrons. The van der Waals surface area contributed by atoms with Crippen LogP contribution in [0.1, 0.15) is 40.0 Å². The van der Waals surface area contributed by atoms with E-state index in [9.17, 15) is 14.4 Å². The van der Waals surface area contributed by atoms with Crippen molar-refractivity contribution in [1.29, 1.82) is 0 Å². The first kappa shape index (κ1) is 15.0. The van der Waals surface area contributed by atoms with E-state index in [0.717, 1.165) is 6.42 Å². The SMILES string of the molecule is CCOCC(C(C)C)N1C(=O)NC(=O)C2(CCC2)C1=O. The van der Waals surface area contributed by atoms with E-state index < -0.39 is 17.4 Å². The molecular weight excluding hydrogens is 260 g/mol. The normalized spacial score (nSPS) is 23.0. The Hall–Kier alpha value is -1.43. The fourth-order valence-electron chi connectivity index (χ4n) is 2.77. The summed E-state index contributed by atoms with van der Waals surface area (Å²) in [6.45, 7) is 6.57. The van der Waals surface area contributed by atoms with Crippen LogP contribution in [0.2, 0.25) is 0 Å². The highest BCUT2D eigenvalue weighted by atomic mass is 16.5. The lowest BCUT2D eigenvalue weighted by Crippen LogP contribution is -2.69. The Balaban J connectivity index is 2.25. The minimum Gasteiger partial charge on any atom is -0.380 e. The third kappa shape index (κ3) is 2.22. The average molecular weight is 282 g/mol. The third-order valence-electron chi connectivity index (χ3n) is 4.30. The molecule has 0 radical (unpaired) electrons. The van der Waals surface area contributed by atoms with E-state index in [-0.39, 0.29) is 17.9 Å². The summed E-state index contributed by atoms with van der Waals surface area (Å²) in [7, 11) is 0. The molecule has 1 unspecified atom stereocenters.